The van der Waals surface area contributed by atoms with Gasteiger partial charge in [0.2, 0.25) is 5.91 Å². The molecule has 1 aromatic heterocycles. The fourth-order valence-electron chi connectivity index (χ4n) is 4.36. The highest BCUT2D eigenvalue weighted by Gasteiger charge is 2.47. The molecule has 1 saturated heterocycles. The predicted octanol–water partition coefficient (Wildman–Crippen LogP) is 1.40. The van der Waals surface area contributed by atoms with Crippen LogP contribution in [-0.2, 0) is 16.1 Å². The van der Waals surface area contributed by atoms with Crippen molar-refractivity contribution in [1.29, 1.82) is 0 Å². The van der Waals surface area contributed by atoms with Gasteiger partial charge in [-0.25, -0.2) is 0 Å². The minimum absolute atomic E-state index is 0.0151. The minimum atomic E-state index is -0.323. The van der Waals surface area contributed by atoms with E-state index in [2.05, 4.69) is 5.10 Å². The Kier molecular flexibility index (Phi) is 3.59. The van der Waals surface area contributed by atoms with Crippen molar-refractivity contribution in [2.75, 3.05) is 5.73 Å². The summed E-state index contributed by atoms with van der Waals surface area (Å²) in [6.45, 7) is 1.46. The van der Waals surface area contributed by atoms with Crippen LogP contribution in [0.3, 0.4) is 0 Å². The van der Waals surface area contributed by atoms with Crippen molar-refractivity contribution < 1.29 is 14.4 Å². The molecular formula is C18H20N4O3. The van der Waals surface area contributed by atoms with E-state index < -0.39 is 0 Å². The van der Waals surface area contributed by atoms with E-state index in [9.17, 15) is 14.4 Å². The van der Waals surface area contributed by atoms with E-state index in [1.807, 2.05) is 0 Å². The molecule has 3 atom stereocenters. The van der Waals surface area contributed by atoms with Gasteiger partial charge in [-0.05, 0) is 43.4 Å². The van der Waals surface area contributed by atoms with Crippen molar-refractivity contribution in [3.05, 3.63) is 23.9 Å². The van der Waals surface area contributed by atoms with Crippen LogP contribution in [0.5, 0.6) is 0 Å². The molecule has 7 nitrogen and oxygen atoms in total. The number of nitrogen functional groups attached to an aromatic ring is 1. The van der Waals surface area contributed by atoms with Crippen molar-refractivity contribution >= 4 is 34.6 Å². The number of rotatable bonds is 4. The molecule has 2 aliphatic rings. The number of nitrogens with zero attached hydrogens (tertiary/aromatic N) is 3. The number of aromatic nitrogens is 2. The normalized spacial score (nSPS) is 24.8. The molecule has 4 rings (SSSR count). The molecule has 2 fully saturated rings. The van der Waals surface area contributed by atoms with Crippen molar-refractivity contribution in [1.82, 2.24) is 14.7 Å². The molecule has 3 unspecified atom stereocenters. The zero-order chi connectivity index (χ0) is 17.7. The molecule has 2 N–H and O–H groups in total. The predicted molar refractivity (Wildman–Crippen MR) is 92.0 cm³/mol. The number of fused-ring (bicyclic) bond motifs is 3. The summed E-state index contributed by atoms with van der Waals surface area (Å²) < 4.78 is 1.54. The van der Waals surface area contributed by atoms with Gasteiger partial charge in [0.1, 0.15) is 18.5 Å². The van der Waals surface area contributed by atoms with Crippen LogP contribution in [0, 0.1) is 5.92 Å². The molecule has 1 aromatic carbocycles. The topological polar surface area (TPSA) is 98.3 Å². The molecule has 0 spiro atoms. The van der Waals surface area contributed by atoms with Crippen LogP contribution < -0.4 is 5.73 Å². The van der Waals surface area contributed by atoms with Crippen LogP contribution in [0.25, 0.3) is 10.9 Å². The zero-order valence-electron chi connectivity index (χ0n) is 14.0. The summed E-state index contributed by atoms with van der Waals surface area (Å²) in [5.74, 6) is -0.0122. The smallest absolute Gasteiger partial charge is 0.245 e. The first-order valence-electron chi connectivity index (χ1n) is 8.53. The maximum absolute atomic E-state index is 12.9. The van der Waals surface area contributed by atoms with Gasteiger partial charge in [-0.3, -0.25) is 14.3 Å². The first-order valence-corrected chi connectivity index (χ1v) is 8.53. The number of anilines is 1. The third-order valence-electron chi connectivity index (χ3n) is 5.46. The largest absolute Gasteiger partial charge is 0.399 e. The second kappa shape index (κ2) is 5.68. The van der Waals surface area contributed by atoms with Gasteiger partial charge in [0.25, 0.3) is 0 Å². The van der Waals surface area contributed by atoms with E-state index in [0.29, 0.717) is 22.3 Å². The third-order valence-corrected chi connectivity index (χ3v) is 5.46. The van der Waals surface area contributed by atoms with Crippen LogP contribution in [0.15, 0.2) is 18.2 Å². The molecule has 1 saturated carbocycles. The number of carbonyl (C=O) groups excluding carboxylic acids is 3. The number of benzene rings is 1. The van der Waals surface area contributed by atoms with Gasteiger partial charge in [-0.2, -0.15) is 5.10 Å². The van der Waals surface area contributed by atoms with Crippen LogP contribution in [-0.4, -0.2) is 44.7 Å². The average molecular weight is 340 g/mol. The van der Waals surface area contributed by atoms with Crippen LogP contribution in [0.4, 0.5) is 5.69 Å². The summed E-state index contributed by atoms with van der Waals surface area (Å²) in [5, 5.41) is 4.98. The van der Waals surface area contributed by atoms with E-state index in [1.54, 1.807) is 27.8 Å². The molecule has 130 valence electrons. The van der Waals surface area contributed by atoms with E-state index in [4.69, 9.17) is 5.73 Å². The van der Waals surface area contributed by atoms with Gasteiger partial charge in [-0.1, -0.05) is 0 Å². The number of aldehydes is 1. The number of likely N-dealkylation sites (tertiary alicyclic amines) is 1. The number of nitrogens with two attached hydrogens (primary N) is 1. The summed E-state index contributed by atoms with van der Waals surface area (Å²) in [7, 11) is 0. The number of ketones is 1. The number of amides is 1. The highest BCUT2D eigenvalue weighted by Crippen LogP contribution is 2.41. The molecule has 0 radical (unpaired) electrons. The SMILES string of the molecule is CC(=O)c1nn(CC(=O)N2C3CCC(C3)C2C=O)c2ccc(N)cc12. The van der Waals surface area contributed by atoms with Gasteiger partial charge in [0, 0.05) is 24.0 Å². The van der Waals surface area contributed by atoms with Crippen LogP contribution in [0.1, 0.15) is 36.7 Å². The molecule has 25 heavy (non-hydrogen) atoms. The molecule has 2 heterocycles. The lowest BCUT2D eigenvalue weighted by Crippen LogP contribution is -2.47. The summed E-state index contributed by atoms with van der Waals surface area (Å²) in [6, 6.07) is 5.02. The second-order valence-electron chi connectivity index (χ2n) is 6.99. The minimum Gasteiger partial charge on any atom is -0.399 e. The lowest BCUT2D eigenvalue weighted by molar-refractivity contribution is -0.139. The molecule has 2 bridgehead atoms. The van der Waals surface area contributed by atoms with Gasteiger partial charge in [-0.15, -0.1) is 0 Å². The van der Waals surface area contributed by atoms with Gasteiger partial charge in [0.15, 0.2) is 5.78 Å². The van der Waals surface area contributed by atoms with Gasteiger partial charge < -0.3 is 15.4 Å². The average Bonchev–Trinajstić information content (AvgIpc) is 3.26. The van der Waals surface area contributed by atoms with E-state index in [0.717, 1.165) is 25.5 Å². The Hall–Kier alpha value is -2.70. The van der Waals surface area contributed by atoms with Crippen LogP contribution >= 0.6 is 0 Å². The number of hydrogen-bond acceptors (Lipinski definition) is 5. The number of Topliss-reactive ketones (excluding diaryl/α,β-unsaturated/α-hetero) is 1. The standard InChI is InChI=1S/C18H20N4O3/c1-10(24)18-14-7-12(19)3-5-15(14)21(20-18)8-17(25)22-13-4-2-11(6-13)16(22)9-23/h3,5,7,9,11,13,16H,2,4,6,8,19H2,1H3. The highest BCUT2D eigenvalue weighted by molar-refractivity contribution is 6.05. The maximum atomic E-state index is 12.9. The first kappa shape index (κ1) is 15.8. The molecule has 1 aliphatic carbocycles. The Morgan fingerprint density at radius 2 is 2.16 bits per heavy atom. The lowest BCUT2D eigenvalue weighted by Gasteiger charge is -2.32. The monoisotopic (exact) mass is 340 g/mol. The van der Waals surface area contributed by atoms with Crippen LogP contribution in [0.2, 0.25) is 0 Å². The number of hydrogen-bond donors (Lipinski definition) is 1. The summed E-state index contributed by atoms with van der Waals surface area (Å²) in [6.07, 6.45) is 3.76. The molecule has 2 aromatic rings. The third kappa shape index (κ3) is 2.42. The number of carbonyl (C=O) groups is 3. The van der Waals surface area contributed by atoms with Gasteiger partial charge >= 0.3 is 0 Å². The van der Waals surface area contributed by atoms with E-state index in [-0.39, 0.29) is 36.2 Å². The Bertz CT molecular complexity index is 888. The second-order valence-corrected chi connectivity index (χ2v) is 6.99. The molecule has 1 amide bonds. The lowest BCUT2D eigenvalue weighted by atomic mass is 10.00. The summed E-state index contributed by atoms with van der Waals surface area (Å²) in [5.41, 5.74) is 7.36. The number of piperidine rings is 1. The van der Waals surface area contributed by atoms with Crippen molar-refractivity contribution in [2.24, 2.45) is 5.92 Å². The maximum Gasteiger partial charge on any atom is 0.245 e. The highest BCUT2D eigenvalue weighted by atomic mass is 16.2. The Morgan fingerprint density at radius 3 is 2.88 bits per heavy atom. The fraction of sp³-hybridized carbons (Fsp3) is 0.444. The Balaban J connectivity index is 1.68. The van der Waals surface area contributed by atoms with E-state index in [1.165, 1.54) is 6.92 Å². The summed E-state index contributed by atoms with van der Waals surface area (Å²) >= 11 is 0. The molecule has 7 heteroatoms. The van der Waals surface area contributed by atoms with Crippen molar-refractivity contribution in [2.45, 2.75) is 44.8 Å². The molecule has 1 aliphatic heterocycles. The van der Waals surface area contributed by atoms with Crippen molar-refractivity contribution in [3.8, 4) is 0 Å². The Labute approximate surface area is 144 Å². The molecular weight excluding hydrogens is 320 g/mol. The van der Waals surface area contributed by atoms with Gasteiger partial charge in [0.05, 0.1) is 11.6 Å². The zero-order valence-corrected chi connectivity index (χ0v) is 14.0. The first-order chi connectivity index (χ1) is 12.0. The summed E-state index contributed by atoms with van der Waals surface area (Å²) in [4.78, 5) is 37.9. The van der Waals surface area contributed by atoms with Crippen molar-refractivity contribution in [3.63, 3.8) is 0 Å². The Morgan fingerprint density at radius 1 is 1.36 bits per heavy atom. The van der Waals surface area contributed by atoms with E-state index >= 15 is 0 Å². The quantitative estimate of drug-likeness (QED) is 0.515. The fourth-order valence-corrected chi connectivity index (χ4v) is 4.36.